The van der Waals surface area contributed by atoms with Crippen LogP contribution >= 0.6 is 27.3 Å². The molecular formula is C20H22BrN3O2S. The van der Waals surface area contributed by atoms with Crippen molar-refractivity contribution in [2.24, 2.45) is 5.10 Å². The molecule has 0 fully saturated rings. The Bertz CT molecular complexity index is 901. The topological polar surface area (TPSA) is 70.6 Å². The normalized spacial score (nSPS) is 13.3. The van der Waals surface area contributed by atoms with E-state index in [1.54, 1.807) is 12.1 Å². The molecule has 0 saturated carbocycles. The van der Waals surface area contributed by atoms with Gasteiger partial charge in [0.2, 0.25) is 0 Å². The van der Waals surface area contributed by atoms with Gasteiger partial charge in [-0.1, -0.05) is 28.4 Å². The third kappa shape index (κ3) is 4.84. The van der Waals surface area contributed by atoms with Gasteiger partial charge in [0.1, 0.15) is 5.00 Å². The molecule has 0 atom stereocenters. The molecule has 142 valence electrons. The molecule has 0 aliphatic heterocycles. The average Bonchev–Trinajstić information content (AvgIpc) is 2.80. The molecule has 1 heterocycles. The molecule has 1 aromatic heterocycles. The molecular weight excluding hydrogens is 426 g/mol. The van der Waals surface area contributed by atoms with Crippen LogP contribution < -0.4 is 10.7 Å². The molecule has 2 amide bonds. The fourth-order valence-electron chi connectivity index (χ4n) is 3.09. The van der Waals surface area contributed by atoms with Gasteiger partial charge in [0, 0.05) is 20.6 Å². The molecule has 1 aliphatic carbocycles. The summed E-state index contributed by atoms with van der Waals surface area (Å²) in [5, 5.41) is 7.60. The summed E-state index contributed by atoms with van der Waals surface area (Å²) in [6.07, 6.45) is 5.13. The number of carbonyl (C=O) groups is 2. The van der Waals surface area contributed by atoms with E-state index in [2.05, 4.69) is 31.8 Å². The molecule has 1 aromatic carbocycles. The minimum Gasteiger partial charge on any atom is -0.313 e. The van der Waals surface area contributed by atoms with Crippen LogP contribution in [-0.4, -0.2) is 17.5 Å². The van der Waals surface area contributed by atoms with Crippen molar-refractivity contribution in [1.29, 1.82) is 0 Å². The first-order chi connectivity index (χ1) is 13.0. The van der Waals surface area contributed by atoms with Crippen molar-refractivity contribution >= 4 is 49.8 Å². The number of rotatable bonds is 4. The Labute approximate surface area is 171 Å². The van der Waals surface area contributed by atoms with E-state index in [0.717, 1.165) is 47.9 Å². The van der Waals surface area contributed by atoms with Gasteiger partial charge in [-0.25, -0.2) is 5.43 Å². The third-order valence-electron chi connectivity index (χ3n) is 4.34. The molecule has 1 aliphatic rings. The molecule has 0 unspecified atom stereocenters. The maximum atomic E-state index is 12.8. The molecule has 2 aromatic rings. The van der Waals surface area contributed by atoms with Crippen LogP contribution in [-0.2, 0) is 12.8 Å². The van der Waals surface area contributed by atoms with Crippen molar-refractivity contribution in [3.63, 3.8) is 0 Å². The van der Waals surface area contributed by atoms with Crippen LogP contribution in [0.2, 0.25) is 0 Å². The average molecular weight is 448 g/mol. The van der Waals surface area contributed by atoms with E-state index >= 15 is 0 Å². The molecule has 0 radical (unpaired) electrons. The summed E-state index contributed by atoms with van der Waals surface area (Å²) in [4.78, 5) is 26.7. The zero-order valence-electron chi connectivity index (χ0n) is 15.4. The maximum Gasteiger partial charge on any atom is 0.274 e. The van der Waals surface area contributed by atoms with Crippen LogP contribution in [0.25, 0.3) is 0 Å². The summed E-state index contributed by atoms with van der Waals surface area (Å²) in [5.74, 6) is -0.489. The lowest BCUT2D eigenvalue weighted by atomic mass is 10.0. The van der Waals surface area contributed by atoms with E-state index in [9.17, 15) is 9.59 Å². The van der Waals surface area contributed by atoms with Gasteiger partial charge in [0.25, 0.3) is 11.8 Å². The van der Waals surface area contributed by atoms with Gasteiger partial charge < -0.3 is 5.32 Å². The number of anilines is 1. The molecule has 27 heavy (non-hydrogen) atoms. The Morgan fingerprint density at radius 1 is 1.11 bits per heavy atom. The molecule has 5 nitrogen and oxygen atoms in total. The first kappa shape index (κ1) is 19.8. The quantitative estimate of drug-likeness (QED) is 0.386. The zero-order chi connectivity index (χ0) is 19.4. The van der Waals surface area contributed by atoms with Crippen molar-refractivity contribution in [2.75, 3.05) is 5.32 Å². The monoisotopic (exact) mass is 447 g/mol. The number of amides is 2. The van der Waals surface area contributed by atoms with E-state index in [1.165, 1.54) is 16.2 Å². The van der Waals surface area contributed by atoms with Crippen molar-refractivity contribution in [1.82, 2.24) is 5.43 Å². The lowest BCUT2D eigenvalue weighted by Gasteiger charge is -2.08. The summed E-state index contributed by atoms with van der Waals surface area (Å²) >= 11 is 4.90. The Morgan fingerprint density at radius 3 is 2.63 bits per heavy atom. The maximum absolute atomic E-state index is 12.8. The fourth-order valence-corrected chi connectivity index (χ4v) is 4.78. The van der Waals surface area contributed by atoms with Crippen molar-refractivity contribution in [2.45, 2.75) is 46.0 Å². The number of nitrogens with one attached hydrogen (secondary N) is 2. The molecule has 2 N–H and O–H groups in total. The molecule has 7 heteroatoms. The summed E-state index contributed by atoms with van der Waals surface area (Å²) in [7, 11) is 0. The summed E-state index contributed by atoms with van der Waals surface area (Å²) in [6, 6.07) is 7.20. The minimum atomic E-state index is -0.264. The van der Waals surface area contributed by atoms with Crippen LogP contribution in [0.1, 0.15) is 64.3 Å². The van der Waals surface area contributed by atoms with E-state index in [-0.39, 0.29) is 11.8 Å². The largest absolute Gasteiger partial charge is 0.313 e. The van der Waals surface area contributed by atoms with Gasteiger partial charge in [0.05, 0.1) is 5.56 Å². The van der Waals surface area contributed by atoms with Crippen LogP contribution in [0.3, 0.4) is 0 Å². The fraction of sp³-hybridized carbons (Fsp3) is 0.350. The number of hydrogen-bond donors (Lipinski definition) is 2. The van der Waals surface area contributed by atoms with Gasteiger partial charge in [0.15, 0.2) is 0 Å². The first-order valence-electron chi connectivity index (χ1n) is 8.98. The summed E-state index contributed by atoms with van der Waals surface area (Å²) < 4.78 is 0.836. The lowest BCUT2D eigenvalue weighted by molar-refractivity contribution is 0.0955. The van der Waals surface area contributed by atoms with Gasteiger partial charge in [-0.15, -0.1) is 11.3 Å². The zero-order valence-corrected chi connectivity index (χ0v) is 17.8. The number of hydrazone groups is 1. The standard InChI is InChI=1S/C20H22BrN3O2S/c1-12(2)23-24-19(26)17-15-9-4-3-5-10-16(15)27-20(17)22-18(25)13-7-6-8-14(21)11-13/h6-8,11H,3-5,9-10H2,1-2H3,(H,22,25)(H,24,26). The number of aryl methyl sites for hydroxylation is 1. The Kier molecular flexibility index (Phi) is 6.44. The predicted molar refractivity (Wildman–Crippen MR) is 114 cm³/mol. The summed E-state index contributed by atoms with van der Waals surface area (Å²) in [6.45, 7) is 3.65. The van der Waals surface area contributed by atoms with Gasteiger partial charge in [-0.3, -0.25) is 9.59 Å². The van der Waals surface area contributed by atoms with Gasteiger partial charge >= 0.3 is 0 Å². The summed E-state index contributed by atoms with van der Waals surface area (Å²) in [5.41, 5.74) is 5.54. The van der Waals surface area contributed by atoms with Crippen molar-refractivity contribution in [3.8, 4) is 0 Å². The second kappa shape index (κ2) is 8.80. The minimum absolute atomic E-state index is 0.225. The third-order valence-corrected chi connectivity index (χ3v) is 6.04. The number of fused-ring (bicyclic) bond motifs is 1. The Morgan fingerprint density at radius 2 is 1.89 bits per heavy atom. The highest BCUT2D eigenvalue weighted by Crippen LogP contribution is 2.37. The highest BCUT2D eigenvalue weighted by molar-refractivity contribution is 9.10. The molecule has 0 bridgehead atoms. The first-order valence-corrected chi connectivity index (χ1v) is 10.6. The number of hydrogen-bond acceptors (Lipinski definition) is 4. The van der Waals surface area contributed by atoms with E-state index in [0.29, 0.717) is 16.1 Å². The Balaban J connectivity index is 1.95. The SMILES string of the molecule is CC(C)=NNC(=O)c1c(NC(=O)c2cccc(Br)c2)sc2c1CCCCC2. The second-order valence-electron chi connectivity index (χ2n) is 6.73. The van der Waals surface area contributed by atoms with Crippen molar-refractivity contribution < 1.29 is 9.59 Å². The van der Waals surface area contributed by atoms with E-state index < -0.39 is 0 Å². The molecule has 0 spiro atoms. The Hall–Kier alpha value is -1.99. The number of carbonyl (C=O) groups excluding carboxylic acids is 2. The van der Waals surface area contributed by atoms with Gasteiger partial charge in [-0.2, -0.15) is 5.10 Å². The number of thiophene rings is 1. The van der Waals surface area contributed by atoms with E-state index in [1.807, 2.05) is 26.0 Å². The molecule has 3 rings (SSSR count). The van der Waals surface area contributed by atoms with E-state index in [4.69, 9.17) is 0 Å². The number of halogens is 1. The second-order valence-corrected chi connectivity index (χ2v) is 8.75. The van der Waals surface area contributed by atoms with Crippen LogP contribution in [0, 0.1) is 0 Å². The molecule has 0 saturated heterocycles. The van der Waals surface area contributed by atoms with Crippen LogP contribution in [0.4, 0.5) is 5.00 Å². The van der Waals surface area contributed by atoms with Crippen LogP contribution in [0.5, 0.6) is 0 Å². The highest BCUT2D eigenvalue weighted by Gasteiger charge is 2.26. The number of nitrogens with zero attached hydrogens (tertiary/aromatic N) is 1. The lowest BCUT2D eigenvalue weighted by Crippen LogP contribution is -2.22. The highest BCUT2D eigenvalue weighted by atomic mass is 79.9. The predicted octanol–water partition coefficient (Wildman–Crippen LogP) is 5.16. The number of benzene rings is 1. The smallest absolute Gasteiger partial charge is 0.274 e. The van der Waals surface area contributed by atoms with Gasteiger partial charge in [-0.05, 0) is 63.3 Å². The van der Waals surface area contributed by atoms with Crippen molar-refractivity contribution in [3.05, 3.63) is 50.3 Å². The van der Waals surface area contributed by atoms with Crippen LogP contribution in [0.15, 0.2) is 33.8 Å².